The highest BCUT2D eigenvalue weighted by Crippen LogP contribution is 2.40. The van der Waals surface area contributed by atoms with Crippen LogP contribution in [0.5, 0.6) is 17.2 Å². The van der Waals surface area contributed by atoms with Crippen molar-refractivity contribution in [3.8, 4) is 17.2 Å². The minimum absolute atomic E-state index is 0.126. The van der Waals surface area contributed by atoms with Gasteiger partial charge in [-0.25, -0.2) is 4.79 Å². The Balaban J connectivity index is 1.60. The standard InChI is InChI=1S/C25H31N3O5/c1-16-6-7-20(17(2)12-16)26-25(30)27-23(29)15-28-10-8-18(9-11-28)24-21(32-4)13-19(31-3)14-22(24)33-5/h6-8,12-14H,9-11,15H2,1-5H3,(H2,26,27,29,30). The first-order valence-electron chi connectivity index (χ1n) is 10.7. The van der Waals surface area contributed by atoms with Gasteiger partial charge in [-0.1, -0.05) is 23.8 Å². The van der Waals surface area contributed by atoms with Crippen LogP contribution in [0.1, 0.15) is 23.1 Å². The molecule has 0 saturated heterocycles. The summed E-state index contributed by atoms with van der Waals surface area (Å²) in [6.07, 6.45) is 2.76. The van der Waals surface area contributed by atoms with Gasteiger partial charge in [0.15, 0.2) is 0 Å². The van der Waals surface area contributed by atoms with Crippen molar-refractivity contribution in [3.05, 3.63) is 53.1 Å². The molecule has 0 saturated carbocycles. The second kappa shape index (κ2) is 10.9. The van der Waals surface area contributed by atoms with E-state index in [1.54, 1.807) is 21.3 Å². The lowest BCUT2D eigenvalue weighted by Crippen LogP contribution is -2.43. The largest absolute Gasteiger partial charge is 0.496 e. The molecule has 8 nitrogen and oxygen atoms in total. The smallest absolute Gasteiger partial charge is 0.325 e. The fourth-order valence-electron chi connectivity index (χ4n) is 3.88. The zero-order valence-corrected chi connectivity index (χ0v) is 19.8. The van der Waals surface area contributed by atoms with Gasteiger partial charge in [-0.15, -0.1) is 0 Å². The van der Waals surface area contributed by atoms with E-state index in [0.717, 1.165) is 22.3 Å². The Morgan fingerprint density at radius 1 is 1.00 bits per heavy atom. The molecule has 1 aliphatic heterocycles. The van der Waals surface area contributed by atoms with E-state index in [1.807, 2.05) is 49.1 Å². The van der Waals surface area contributed by atoms with Crippen molar-refractivity contribution in [2.24, 2.45) is 0 Å². The van der Waals surface area contributed by atoms with Crippen LogP contribution in [0.25, 0.3) is 5.57 Å². The predicted molar refractivity (Wildman–Crippen MR) is 128 cm³/mol. The van der Waals surface area contributed by atoms with Crippen LogP contribution in [0.15, 0.2) is 36.4 Å². The predicted octanol–water partition coefficient (Wildman–Crippen LogP) is 3.77. The van der Waals surface area contributed by atoms with Crippen molar-refractivity contribution >= 4 is 23.2 Å². The zero-order valence-electron chi connectivity index (χ0n) is 19.8. The van der Waals surface area contributed by atoms with Gasteiger partial charge in [-0.2, -0.15) is 0 Å². The molecule has 0 aliphatic carbocycles. The minimum atomic E-state index is -0.534. The highest BCUT2D eigenvalue weighted by Gasteiger charge is 2.22. The monoisotopic (exact) mass is 453 g/mol. The molecule has 3 amide bonds. The lowest BCUT2D eigenvalue weighted by Gasteiger charge is -2.27. The maximum absolute atomic E-state index is 12.4. The normalized spacial score (nSPS) is 13.7. The summed E-state index contributed by atoms with van der Waals surface area (Å²) in [5.41, 5.74) is 4.69. The molecule has 3 rings (SSSR count). The molecule has 8 heteroatoms. The van der Waals surface area contributed by atoms with Gasteiger partial charge in [-0.3, -0.25) is 15.0 Å². The van der Waals surface area contributed by atoms with Crippen LogP contribution >= 0.6 is 0 Å². The minimum Gasteiger partial charge on any atom is -0.496 e. The molecule has 0 bridgehead atoms. The summed E-state index contributed by atoms with van der Waals surface area (Å²) in [6, 6.07) is 8.83. The van der Waals surface area contributed by atoms with Gasteiger partial charge in [0.2, 0.25) is 5.91 Å². The van der Waals surface area contributed by atoms with Crippen LogP contribution in [0.2, 0.25) is 0 Å². The van der Waals surface area contributed by atoms with Gasteiger partial charge in [0, 0.05) is 30.9 Å². The summed E-state index contributed by atoms with van der Waals surface area (Å²) in [5.74, 6) is 1.65. The number of anilines is 1. The summed E-state index contributed by atoms with van der Waals surface area (Å²) >= 11 is 0. The van der Waals surface area contributed by atoms with E-state index in [9.17, 15) is 9.59 Å². The third-order valence-electron chi connectivity index (χ3n) is 5.58. The number of nitrogens with one attached hydrogen (secondary N) is 2. The Kier molecular flexibility index (Phi) is 7.95. The SMILES string of the molecule is COc1cc(OC)c(C2=CCN(CC(=O)NC(=O)Nc3ccc(C)cc3C)CC2)c(OC)c1. The van der Waals surface area contributed by atoms with E-state index in [2.05, 4.69) is 16.7 Å². The lowest BCUT2D eigenvalue weighted by molar-refractivity contribution is -0.121. The van der Waals surface area contributed by atoms with Gasteiger partial charge in [0.25, 0.3) is 0 Å². The number of carbonyl (C=O) groups excluding carboxylic acids is 2. The van der Waals surface area contributed by atoms with Crippen LogP contribution in [0, 0.1) is 13.8 Å². The molecule has 0 atom stereocenters. The maximum atomic E-state index is 12.4. The quantitative estimate of drug-likeness (QED) is 0.664. The number of hydrogen-bond acceptors (Lipinski definition) is 6. The highest BCUT2D eigenvalue weighted by molar-refractivity contribution is 6.02. The molecule has 1 aliphatic rings. The number of benzene rings is 2. The molecule has 0 unspecified atom stereocenters. The van der Waals surface area contributed by atoms with Crippen LogP contribution in [0.3, 0.4) is 0 Å². The average Bonchev–Trinajstić information content (AvgIpc) is 2.80. The average molecular weight is 454 g/mol. The van der Waals surface area contributed by atoms with Crippen LogP contribution < -0.4 is 24.8 Å². The van der Waals surface area contributed by atoms with E-state index in [0.29, 0.717) is 42.4 Å². The van der Waals surface area contributed by atoms with E-state index in [4.69, 9.17) is 14.2 Å². The topological polar surface area (TPSA) is 89.1 Å². The number of urea groups is 1. The van der Waals surface area contributed by atoms with Crippen LogP contribution in [0.4, 0.5) is 10.5 Å². The zero-order chi connectivity index (χ0) is 24.0. The molecular formula is C25H31N3O5. The first-order valence-corrected chi connectivity index (χ1v) is 10.7. The molecule has 2 aromatic carbocycles. The van der Waals surface area contributed by atoms with Crippen LogP contribution in [-0.4, -0.2) is 57.8 Å². The van der Waals surface area contributed by atoms with E-state index >= 15 is 0 Å². The molecular weight excluding hydrogens is 422 g/mol. The number of amides is 3. The fraction of sp³-hybridized carbons (Fsp3) is 0.360. The molecule has 33 heavy (non-hydrogen) atoms. The molecule has 0 fully saturated rings. The van der Waals surface area contributed by atoms with E-state index in [1.165, 1.54) is 0 Å². The number of ether oxygens (including phenoxy) is 3. The third-order valence-corrected chi connectivity index (χ3v) is 5.58. The first-order chi connectivity index (χ1) is 15.8. The summed E-state index contributed by atoms with van der Waals surface area (Å²) in [7, 11) is 4.82. The number of hydrogen-bond donors (Lipinski definition) is 2. The van der Waals surface area contributed by atoms with Crippen molar-refractivity contribution in [1.82, 2.24) is 10.2 Å². The second-order valence-electron chi connectivity index (χ2n) is 7.94. The van der Waals surface area contributed by atoms with E-state index in [-0.39, 0.29) is 12.5 Å². The van der Waals surface area contributed by atoms with Crippen molar-refractivity contribution in [3.63, 3.8) is 0 Å². The number of rotatable bonds is 7. The van der Waals surface area contributed by atoms with E-state index < -0.39 is 6.03 Å². The number of imide groups is 1. The van der Waals surface area contributed by atoms with Gasteiger partial charge >= 0.3 is 6.03 Å². The van der Waals surface area contributed by atoms with Gasteiger partial charge in [0.05, 0.1) is 33.4 Å². The summed E-state index contributed by atoms with van der Waals surface area (Å²) in [6.45, 7) is 5.26. The van der Waals surface area contributed by atoms with Crippen molar-refractivity contribution < 1.29 is 23.8 Å². The Labute approximate surface area is 194 Å². The highest BCUT2D eigenvalue weighted by atomic mass is 16.5. The molecule has 0 radical (unpaired) electrons. The fourth-order valence-corrected chi connectivity index (χ4v) is 3.88. The van der Waals surface area contributed by atoms with Crippen molar-refractivity contribution in [2.45, 2.75) is 20.3 Å². The van der Waals surface area contributed by atoms with Crippen molar-refractivity contribution in [2.75, 3.05) is 46.3 Å². The summed E-state index contributed by atoms with van der Waals surface area (Å²) in [5, 5.41) is 5.13. The van der Waals surface area contributed by atoms with Gasteiger partial charge in [0.1, 0.15) is 17.2 Å². The van der Waals surface area contributed by atoms with Crippen LogP contribution in [-0.2, 0) is 4.79 Å². The first kappa shape index (κ1) is 24.1. The Bertz CT molecular complexity index is 1040. The molecule has 1 heterocycles. The van der Waals surface area contributed by atoms with Gasteiger partial charge < -0.3 is 19.5 Å². The number of aryl methyl sites for hydroxylation is 2. The molecule has 0 aromatic heterocycles. The Morgan fingerprint density at radius 2 is 1.70 bits per heavy atom. The summed E-state index contributed by atoms with van der Waals surface area (Å²) in [4.78, 5) is 26.6. The Morgan fingerprint density at radius 3 is 2.24 bits per heavy atom. The molecule has 0 spiro atoms. The maximum Gasteiger partial charge on any atom is 0.325 e. The third kappa shape index (κ3) is 6.04. The molecule has 2 aromatic rings. The number of nitrogens with zero attached hydrogens (tertiary/aromatic N) is 1. The lowest BCUT2D eigenvalue weighted by atomic mass is 9.97. The van der Waals surface area contributed by atoms with Gasteiger partial charge in [-0.05, 0) is 37.5 Å². The molecule has 176 valence electrons. The van der Waals surface area contributed by atoms with Crippen molar-refractivity contribution in [1.29, 1.82) is 0 Å². The molecule has 2 N–H and O–H groups in total. The number of methoxy groups -OCH3 is 3. The Hall–Kier alpha value is -3.52. The number of carbonyl (C=O) groups is 2. The summed E-state index contributed by atoms with van der Waals surface area (Å²) < 4.78 is 16.4. The second-order valence-corrected chi connectivity index (χ2v) is 7.94.